The number of rotatable bonds is 11. The lowest BCUT2D eigenvalue weighted by atomic mass is 10.1. The van der Waals surface area contributed by atoms with Gasteiger partial charge in [0.05, 0.1) is 10.6 Å². The quantitative estimate of drug-likeness (QED) is 0.308. The van der Waals surface area contributed by atoms with Crippen LogP contribution < -0.4 is 9.62 Å². The topological polar surface area (TPSA) is 86.8 Å². The Bertz CT molecular complexity index is 1410. The SMILES string of the molecule is CCCNC(=O)[C@@H](C)N(Cc1ccc(Cl)cc1)C(=O)CN(c1cccc(Cl)c1C)S(=O)(=O)c1ccc(C)cc1. The fraction of sp³-hybridized carbons (Fsp3) is 0.310. The summed E-state index contributed by atoms with van der Waals surface area (Å²) in [6, 6.07) is 17.4. The molecule has 1 atom stereocenters. The summed E-state index contributed by atoms with van der Waals surface area (Å²) in [7, 11) is -4.17. The fourth-order valence-corrected chi connectivity index (χ4v) is 5.75. The maximum Gasteiger partial charge on any atom is 0.264 e. The lowest BCUT2D eigenvalue weighted by molar-refractivity contribution is -0.139. The van der Waals surface area contributed by atoms with Crippen LogP contribution in [0.1, 0.15) is 37.0 Å². The number of nitrogens with zero attached hydrogens (tertiary/aromatic N) is 2. The minimum Gasteiger partial charge on any atom is -0.354 e. The van der Waals surface area contributed by atoms with Gasteiger partial charge in [-0.2, -0.15) is 0 Å². The first-order valence-corrected chi connectivity index (χ1v) is 14.8. The van der Waals surface area contributed by atoms with E-state index in [9.17, 15) is 18.0 Å². The molecule has 39 heavy (non-hydrogen) atoms. The van der Waals surface area contributed by atoms with E-state index in [0.29, 0.717) is 22.2 Å². The first-order chi connectivity index (χ1) is 18.4. The number of amides is 2. The Morgan fingerprint density at radius 3 is 2.21 bits per heavy atom. The van der Waals surface area contributed by atoms with Crippen LogP contribution in [0, 0.1) is 13.8 Å². The van der Waals surface area contributed by atoms with Crippen LogP contribution in [0.4, 0.5) is 5.69 Å². The van der Waals surface area contributed by atoms with Crippen molar-refractivity contribution in [2.75, 3.05) is 17.4 Å². The average molecular weight is 591 g/mol. The van der Waals surface area contributed by atoms with Crippen LogP contribution in [-0.2, 0) is 26.2 Å². The molecule has 0 spiro atoms. The average Bonchev–Trinajstić information content (AvgIpc) is 2.91. The van der Waals surface area contributed by atoms with Gasteiger partial charge in [-0.25, -0.2) is 8.42 Å². The molecule has 208 valence electrons. The third-order valence-electron chi connectivity index (χ3n) is 6.38. The zero-order valence-electron chi connectivity index (χ0n) is 22.4. The Labute approximate surface area is 240 Å². The maximum absolute atomic E-state index is 13.9. The number of nitrogens with one attached hydrogen (secondary N) is 1. The van der Waals surface area contributed by atoms with Gasteiger partial charge in [-0.3, -0.25) is 13.9 Å². The number of aryl methyl sites for hydroxylation is 1. The van der Waals surface area contributed by atoms with Crippen LogP contribution in [0.15, 0.2) is 71.6 Å². The molecule has 10 heteroatoms. The number of sulfonamides is 1. The van der Waals surface area contributed by atoms with Crippen molar-refractivity contribution in [2.45, 2.75) is 51.6 Å². The molecular formula is C29H33Cl2N3O4S. The molecule has 0 saturated heterocycles. The van der Waals surface area contributed by atoms with Crippen molar-refractivity contribution in [2.24, 2.45) is 0 Å². The molecule has 0 aliphatic heterocycles. The largest absolute Gasteiger partial charge is 0.354 e. The van der Waals surface area contributed by atoms with Gasteiger partial charge in [0, 0.05) is 23.1 Å². The highest BCUT2D eigenvalue weighted by atomic mass is 35.5. The number of carbonyl (C=O) groups is 2. The second-order valence-corrected chi connectivity index (χ2v) is 12.0. The molecule has 0 fully saturated rings. The van der Waals surface area contributed by atoms with E-state index < -0.39 is 28.5 Å². The molecule has 3 aromatic rings. The summed E-state index contributed by atoms with van der Waals surface area (Å²) in [5.41, 5.74) is 2.44. The van der Waals surface area contributed by atoms with Crippen molar-refractivity contribution in [1.82, 2.24) is 10.2 Å². The highest BCUT2D eigenvalue weighted by Gasteiger charge is 2.33. The van der Waals surface area contributed by atoms with E-state index in [0.717, 1.165) is 21.9 Å². The highest BCUT2D eigenvalue weighted by molar-refractivity contribution is 7.92. The van der Waals surface area contributed by atoms with E-state index in [1.807, 2.05) is 13.8 Å². The molecular weight excluding hydrogens is 557 g/mol. The molecule has 0 aliphatic carbocycles. The van der Waals surface area contributed by atoms with Gasteiger partial charge in [0.2, 0.25) is 11.8 Å². The number of anilines is 1. The number of halogens is 2. The van der Waals surface area contributed by atoms with Gasteiger partial charge >= 0.3 is 0 Å². The minimum absolute atomic E-state index is 0.0401. The Hall–Kier alpha value is -3.07. The molecule has 1 N–H and O–H groups in total. The monoisotopic (exact) mass is 589 g/mol. The van der Waals surface area contributed by atoms with Crippen LogP contribution in [0.25, 0.3) is 0 Å². The molecule has 0 aliphatic rings. The second kappa shape index (κ2) is 13.3. The van der Waals surface area contributed by atoms with Crippen LogP contribution in [-0.4, -0.2) is 44.3 Å². The van der Waals surface area contributed by atoms with E-state index in [2.05, 4.69) is 5.32 Å². The lowest BCUT2D eigenvalue weighted by Crippen LogP contribution is -2.51. The molecule has 0 radical (unpaired) electrons. The van der Waals surface area contributed by atoms with Crippen LogP contribution in [0.2, 0.25) is 10.0 Å². The number of carbonyl (C=O) groups excluding carboxylic acids is 2. The Kier molecular flexibility index (Phi) is 10.4. The van der Waals surface area contributed by atoms with Gasteiger partial charge in [-0.05, 0) is 74.7 Å². The summed E-state index contributed by atoms with van der Waals surface area (Å²) in [5, 5.41) is 3.73. The van der Waals surface area contributed by atoms with Gasteiger partial charge in [-0.1, -0.05) is 66.0 Å². The third kappa shape index (κ3) is 7.53. The van der Waals surface area contributed by atoms with E-state index >= 15 is 0 Å². The van der Waals surface area contributed by atoms with Crippen molar-refractivity contribution < 1.29 is 18.0 Å². The van der Waals surface area contributed by atoms with Crippen molar-refractivity contribution in [3.8, 4) is 0 Å². The molecule has 7 nitrogen and oxygen atoms in total. The molecule has 0 saturated carbocycles. The predicted molar refractivity (Wildman–Crippen MR) is 157 cm³/mol. The zero-order valence-corrected chi connectivity index (χ0v) is 24.8. The van der Waals surface area contributed by atoms with Gasteiger partial charge in [0.15, 0.2) is 0 Å². The van der Waals surface area contributed by atoms with Crippen molar-refractivity contribution in [3.05, 3.63) is 93.5 Å². The molecule has 3 aromatic carbocycles. The Morgan fingerprint density at radius 1 is 0.949 bits per heavy atom. The summed E-state index contributed by atoms with van der Waals surface area (Å²) < 4.78 is 28.9. The first kappa shape index (κ1) is 30.5. The van der Waals surface area contributed by atoms with E-state index in [1.165, 1.54) is 17.0 Å². The van der Waals surface area contributed by atoms with Gasteiger partial charge in [-0.15, -0.1) is 0 Å². The predicted octanol–water partition coefficient (Wildman–Crippen LogP) is 5.75. The Balaban J connectivity index is 2.05. The summed E-state index contributed by atoms with van der Waals surface area (Å²) in [4.78, 5) is 28.3. The van der Waals surface area contributed by atoms with Gasteiger partial charge in [0.1, 0.15) is 12.6 Å². The number of hydrogen-bond acceptors (Lipinski definition) is 4. The van der Waals surface area contributed by atoms with E-state index in [4.69, 9.17) is 23.2 Å². The van der Waals surface area contributed by atoms with Crippen molar-refractivity contribution >= 4 is 50.7 Å². The molecule has 0 bridgehead atoms. The standard InChI is InChI=1S/C29H33Cl2N3O4S/c1-5-17-32-29(36)22(4)33(18-23-11-13-24(30)14-12-23)28(35)19-34(27-8-6-7-26(31)21(27)3)39(37,38)25-15-9-20(2)10-16-25/h6-16,22H,5,17-19H2,1-4H3,(H,32,36)/t22-/m1/s1. The second-order valence-electron chi connectivity index (χ2n) is 9.32. The maximum atomic E-state index is 13.9. The highest BCUT2D eigenvalue weighted by Crippen LogP contribution is 2.31. The Morgan fingerprint density at radius 2 is 1.59 bits per heavy atom. The number of hydrogen-bond donors (Lipinski definition) is 1. The lowest BCUT2D eigenvalue weighted by Gasteiger charge is -2.32. The van der Waals surface area contributed by atoms with Crippen LogP contribution in [0.5, 0.6) is 0 Å². The third-order valence-corrected chi connectivity index (χ3v) is 8.81. The molecule has 2 amide bonds. The normalized spacial score (nSPS) is 12.1. The molecule has 3 rings (SSSR count). The van der Waals surface area contributed by atoms with Crippen LogP contribution >= 0.6 is 23.2 Å². The van der Waals surface area contributed by atoms with Gasteiger partial charge in [0.25, 0.3) is 10.0 Å². The van der Waals surface area contributed by atoms with Crippen molar-refractivity contribution in [1.29, 1.82) is 0 Å². The van der Waals surface area contributed by atoms with E-state index in [-0.39, 0.29) is 23.0 Å². The summed E-state index contributed by atoms with van der Waals surface area (Å²) in [6.45, 7) is 7.14. The molecule has 0 heterocycles. The first-order valence-electron chi connectivity index (χ1n) is 12.6. The smallest absolute Gasteiger partial charge is 0.264 e. The van der Waals surface area contributed by atoms with Crippen molar-refractivity contribution in [3.63, 3.8) is 0 Å². The number of benzene rings is 3. The van der Waals surface area contributed by atoms with Crippen LogP contribution in [0.3, 0.4) is 0 Å². The zero-order chi connectivity index (χ0) is 28.7. The summed E-state index contributed by atoms with van der Waals surface area (Å²) >= 11 is 12.4. The molecule has 0 unspecified atom stereocenters. The fourth-order valence-electron chi connectivity index (χ4n) is 3.98. The van der Waals surface area contributed by atoms with E-state index in [1.54, 1.807) is 68.4 Å². The van der Waals surface area contributed by atoms with Gasteiger partial charge < -0.3 is 10.2 Å². The summed E-state index contributed by atoms with van der Waals surface area (Å²) in [5.74, 6) is -0.870. The molecule has 0 aromatic heterocycles. The minimum atomic E-state index is -4.17. The summed E-state index contributed by atoms with van der Waals surface area (Å²) in [6.07, 6.45) is 0.736.